The van der Waals surface area contributed by atoms with Gasteiger partial charge in [0.1, 0.15) is 0 Å². The van der Waals surface area contributed by atoms with E-state index in [1.54, 1.807) is 6.20 Å². The van der Waals surface area contributed by atoms with E-state index in [4.69, 9.17) is 0 Å². The first-order valence-electron chi connectivity index (χ1n) is 7.81. The molecule has 0 bridgehead atoms. The molecule has 1 amide bonds. The van der Waals surface area contributed by atoms with E-state index >= 15 is 0 Å². The van der Waals surface area contributed by atoms with Gasteiger partial charge in [-0.3, -0.25) is 9.78 Å². The Morgan fingerprint density at radius 1 is 1.38 bits per heavy atom. The Labute approximate surface area is 126 Å². The molecule has 2 unspecified atom stereocenters. The quantitative estimate of drug-likeness (QED) is 0.744. The third-order valence-electron chi connectivity index (χ3n) is 3.95. The molecule has 1 aliphatic rings. The summed E-state index contributed by atoms with van der Waals surface area (Å²) >= 11 is 0. The number of aliphatic hydroxyl groups excluding tert-OH is 1. The van der Waals surface area contributed by atoms with Crippen molar-refractivity contribution in [1.82, 2.24) is 10.3 Å². The van der Waals surface area contributed by atoms with Crippen LogP contribution in [0.2, 0.25) is 0 Å². The van der Waals surface area contributed by atoms with Gasteiger partial charge in [-0.05, 0) is 32.8 Å². The lowest BCUT2D eigenvalue weighted by atomic mass is 10.1. The van der Waals surface area contributed by atoms with Gasteiger partial charge >= 0.3 is 0 Å². The summed E-state index contributed by atoms with van der Waals surface area (Å²) in [7, 11) is 0. The molecule has 1 fully saturated rings. The molecular formula is C16H25N3O2. The minimum Gasteiger partial charge on any atom is -0.391 e. The first kappa shape index (κ1) is 15.8. The van der Waals surface area contributed by atoms with Gasteiger partial charge in [0.15, 0.2) is 0 Å². The van der Waals surface area contributed by atoms with E-state index in [2.05, 4.69) is 15.6 Å². The highest BCUT2D eigenvalue weighted by Gasteiger charge is 2.24. The van der Waals surface area contributed by atoms with Crippen LogP contribution in [0.3, 0.4) is 0 Å². The smallest absolute Gasteiger partial charge is 0.255 e. The summed E-state index contributed by atoms with van der Waals surface area (Å²) in [4.78, 5) is 16.7. The Morgan fingerprint density at radius 3 is 2.90 bits per heavy atom. The average molecular weight is 291 g/mol. The topological polar surface area (TPSA) is 74.2 Å². The van der Waals surface area contributed by atoms with Crippen LogP contribution in [0.15, 0.2) is 12.3 Å². The highest BCUT2D eigenvalue weighted by Crippen LogP contribution is 2.20. The van der Waals surface area contributed by atoms with Crippen molar-refractivity contribution in [1.29, 1.82) is 0 Å². The molecule has 5 heteroatoms. The van der Waals surface area contributed by atoms with E-state index in [0.29, 0.717) is 5.56 Å². The molecule has 0 aromatic carbocycles. The molecule has 1 aromatic heterocycles. The van der Waals surface area contributed by atoms with Crippen LogP contribution in [0.5, 0.6) is 0 Å². The lowest BCUT2D eigenvalue weighted by Crippen LogP contribution is -2.42. The summed E-state index contributed by atoms with van der Waals surface area (Å²) in [5, 5.41) is 16.3. The third kappa shape index (κ3) is 4.17. The zero-order valence-corrected chi connectivity index (χ0v) is 12.9. The molecule has 5 nitrogen and oxygen atoms in total. The predicted octanol–water partition coefficient (Wildman–Crippen LogP) is 2.25. The van der Waals surface area contributed by atoms with Gasteiger partial charge in [-0.15, -0.1) is 0 Å². The van der Waals surface area contributed by atoms with Crippen LogP contribution >= 0.6 is 0 Å². The summed E-state index contributed by atoms with van der Waals surface area (Å²) in [6.45, 7) is 4.64. The first-order valence-corrected chi connectivity index (χ1v) is 7.81. The van der Waals surface area contributed by atoms with E-state index in [1.807, 2.05) is 19.9 Å². The predicted molar refractivity (Wildman–Crippen MR) is 83.5 cm³/mol. The second-order valence-corrected chi connectivity index (χ2v) is 5.69. The third-order valence-corrected chi connectivity index (χ3v) is 3.95. The number of pyridine rings is 1. The number of nitrogens with zero attached hydrogens (tertiary/aromatic N) is 1. The van der Waals surface area contributed by atoms with Crippen LogP contribution in [0.1, 0.15) is 55.1 Å². The molecule has 1 aromatic rings. The number of hydrogen-bond acceptors (Lipinski definition) is 4. The molecule has 21 heavy (non-hydrogen) atoms. The van der Waals surface area contributed by atoms with Crippen molar-refractivity contribution >= 4 is 11.6 Å². The molecule has 2 rings (SSSR count). The zero-order chi connectivity index (χ0) is 15.2. The maximum atomic E-state index is 12.5. The maximum absolute atomic E-state index is 12.5. The highest BCUT2D eigenvalue weighted by molar-refractivity contribution is 5.99. The largest absolute Gasteiger partial charge is 0.391 e. The van der Waals surface area contributed by atoms with Crippen molar-refractivity contribution in [3.8, 4) is 0 Å². The van der Waals surface area contributed by atoms with Gasteiger partial charge in [0.25, 0.3) is 5.91 Å². The molecule has 0 spiro atoms. The number of carbonyl (C=O) groups excluding carboxylic acids is 1. The van der Waals surface area contributed by atoms with Gasteiger partial charge in [0.2, 0.25) is 0 Å². The number of hydrogen-bond donors (Lipinski definition) is 3. The van der Waals surface area contributed by atoms with Crippen LogP contribution in [0.25, 0.3) is 0 Å². The fourth-order valence-corrected chi connectivity index (χ4v) is 2.78. The van der Waals surface area contributed by atoms with Gasteiger partial charge in [-0.1, -0.05) is 19.3 Å². The second kappa shape index (κ2) is 7.41. The van der Waals surface area contributed by atoms with Crippen molar-refractivity contribution in [2.24, 2.45) is 0 Å². The summed E-state index contributed by atoms with van der Waals surface area (Å²) in [5.74, 6) is -0.163. The number of anilines is 1. The molecule has 1 aliphatic carbocycles. The lowest BCUT2D eigenvalue weighted by molar-refractivity contribution is 0.0819. The molecule has 2 atom stereocenters. The van der Waals surface area contributed by atoms with Crippen LogP contribution < -0.4 is 10.6 Å². The Kier molecular flexibility index (Phi) is 5.56. The number of nitrogens with one attached hydrogen (secondary N) is 2. The zero-order valence-electron chi connectivity index (χ0n) is 12.9. The van der Waals surface area contributed by atoms with Gasteiger partial charge < -0.3 is 15.7 Å². The number of aliphatic hydroxyl groups is 1. The lowest BCUT2D eigenvalue weighted by Gasteiger charge is -2.22. The van der Waals surface area contributed by atoms with E-state index in [9.17, 15) is 9.90 Å². The van der Waals surface area contributed by atoms with E-state index in [1.165, 1.54) is 0 Å². The van der Waals surface area contributed by atoms with Crippen LogP contribution in [0.4, 0.5) is 5.69 Å². The van der Waals surface area contributed by atoms with Gasteiger partial charge in [0.05, 0.1) is 23.4 Å². The molecular weight excluding hydrogens is 266 g/mol. The molecule has 0 aliphatic heterocycles. The molecule has 0 saturated heterocycles. The molecule has 116 valence electrons. The molecule has 1 heterocycles. The van der Waals surface area contributed by atoms with Crippen molar-refractivity contribution in [2.75, 3.05) is 11.9 Å². The summed E-state index contributed by atoms with van der Waals surface area (Å²) in [6.07, 6.45) is 5.96. The summed E-state index contributed by atoms with van der Waals surface area (Å²) < 4.78 is 0. The normalized spacial score (nSPS) is 22.4. The Bertz CT molecular complexity index is 490. The second-order valence-electron chi connectivity index (χ2n) is 5.69. The fourth-order valence-electron chi connectivity index (χ4n) is 2.78. The fraction of sp³-hybridized carbons (Fsp3) is 0.625. The van der Waals surface area contributed by atoms with E-state index < -0.39 is 6.10 Å². The van der Waals surface area contributed by atoms with Crippen molar-refractivity contribution in [2.45, 2.75) is 58.1 Å². The Hall–Kier alpha value is -1.62. The summed E-state index contributed by atoms with van der Waals surface area (Å²) in [5.41, 5.74) is 2.21. The minimum atomic E-state index is -0.447. The van der Waals surface area contributed by atoms with E-state index in [0.717, 1.165) is 50.0 Å². The van der Waals surface area contributed by atoms with Crippen LogP contribution in [-0.2, 0) is 0 Å². The van der Waals surface area contributed by atoms with Crippen molar-refractivity contribution < 1.29 is 9.90 Å². The molecule has 3 N–H and O–H groups in total. The molecule has 1 saturated carbocycles. The Morgan fingerprint density at radius 2 is 2.14 bits per heavy atom. The number of rotatable bonds is 4. The first-order chi connectivity index (χ1) is 10.1. The highest BCUT2D eigenvalue weighted by atomic mass is 16.3. The SMILES string of the molecule is CCNc1cc(C)ncc1C(=O)NC1CCCCCC1O. The molecule has 0 radical (unpaired) electrons. The number of amides is 1. The van der Waals surface area contributed by atoms with Crippen LogP contribution in [-0.4, -0.2) is 34.7 Å². The monoisotopic (exact) mass is 291 g/mol. The standard InChI is InChI=1S/C16H25N3O2/c1-3-17-14-9-11(2)18-10-12(14)16(21)19-13-7-5-4-6-8-15(13)20/h9-10,13,15,20H,3-8H2,1-2H3,(H,17,18)(H,19,21). The summed E-state index contributed by atoms with van der Waals surface area (Å²) in [6, 6.07) is 1.72. The minimum absolute atomic E-state index is 0.157. The maximum Gasteiger partial charge on any atom is 0.255 e. The van der Waals surface area contributed by atoms with E-state index in [-0.39, 0.29) is 11.9 Å². The number of aryl methyl sites for hydroxylation is 1. The van der Waals surface area contributed by atoms with Gasteiger partial charge in [0, 0.05) is 18.4 Å². The van der Waals surface area contributed by atoms with Gasteiger partial charge in [-0.25, -0.2) is 0 Å². The number of carbonyl (C=O) groups is 1. The van der Waals surface area contributed by atoms with Crippen molar-refractivity contribution in [3.63, 3.8) is 0 Å². The Balaban J connectivity index is 2.12. The number of aromatic nitrogens is 1. The van der Waals surface area contributed by atoms with Crippen molar-refractivity contribution in [3.05, 3.63) is 23.5 Å². The van der Waals surface area contributed by atoms with Gasteiger partial charge in [-0.2, -0.15) is 0 Å². The van der Waals surface area contributed by atoms with Crippen LogP contribution in [0, 0.1) is 6.92 Å². The average Bonchev–Trinajstić information content (AvgIpc) is 2.64.